The fourth-order valence-corrected chi connectivity index (χ4v) is 5.36. The minimum absolute atomic E-state index is 0.0900. The molecule has 1 fully saturated rings. The predicted molar refractivity (Wildman–Crippen MR) is 128 cm³/mol. The van der Waals surface area contributed by atoms with Crippen LogP contribution in [0.3, 0.4) is 0 Å². The van der Waals surface area contributed by atoms with Crippen molar-refractivity contribution >= 4 is 28.8 Å². The number of benzene rings is 1. The third-order valence-corrected chi connectivity index (χ3v) is 7.08. The number of thioether (sulfide) groups is 1. The van der Waals surface area contributed by atoms with Crippen molar-refractivity contribution in [3.8, 4) is 0 Å². The molecule has 9 heteroatoms. The van der Waals surface area contributed by atoms with E-state index in [0.29, 0.717) is 31.0 Å². The fraction of sp³-hybridized carbons (Fsp3) is 0.458. The lowest BCUT2D eigenvalue weighted by atomic mass is 9.94. The molecule has 1 amide bonds. The number of carbonyl (C=O) groups excluding carboxylic acids is 2. The van der Waals surface area contributed by atoms with Gasteiger partial charge in [-0.15, -0.1) is 0 Å². The Morgan fingerprint density at radius 2 is 1.85 bits per heavy atom. The second kappa shape index (κ2) is 10.5. The van der Waals surface area contributed by atoms with Gasteiger partial charge >= 0.3 is 5.97 Å². The van der Waals surface area contributed by atoms with Gasteiger partial charge in [0.1, 0.15) is 0 Å². The number of ether oxygens (including phenoxy) is 2. The molecule has 33 heavy (non-hydrogen) atoms. The molecule has 1 aromatic carbocycles. The minimum atomic E-state index is -0.404. The van der Waals surface area contributed by atoms with Crippen LogP contribution in [0, 0.1) is 0 Å². The number of rotatable bonds is 7. The highest BCUT2D eigenvalue weighted by Gasteiger charge is 2.41. The summed E-state index contributed by atoms with van der Waals surface area (Å²) in [6.07, 6.45) is 0.265. The average Bonchev–Trinajstić information content (AvgIpc) is 3.23. The third kappa shape index (κ3) is 5.00. The van der Waals surface area contributed by atoms with Gasteiger partial charge in [0.15, 0.2) is 5.17 Å². The van der Waals surface area contributed by atoms with Crippen molar-refractivity contribution in [2.24, 2.45) is 4.99 Å². The highest BCUT2D eigenvalue weighted by molar-refractivity contribution is 8.16. The van der Waals surface area contributed by atoms with Crippen LogP contribution >= 0.6 is 11.8 Å². The summed E-state index contributed by atoms with van der Waals surface area (Å²) in [5.41, 5.74) is 2.95. The largest absolute Gasteiger partial charge is 0.466 e. The van der Waals surface area contributed by atoms with Crippen molar-refractivity contribution < 1.29 is 19.1 Å². The summed E-state index contributed by atoms with van der Waals surface area (Å²) in [4.78, 5) is 36.9. The maximum absolute atomic E-state index is 13.2. The molecule has 1 aromatic rings. The monoisotopic (exact) mass is 470 g/mol. The van der Waals surface area contributed by atoms with E-state index in [4.69, 9.17) is 9.47 Å². The van der Waals surface area contributed by atoms with Crippen LogP contribution in [-0.2, 0) is 19.1 Å². The molecule has 1 unspecified atom stereocenters. The molecule has 176 valence electrons. The SMILES string of the molecule is COCCN1CCN(C(=O)CC2=CSC3=NC(C)=C(C(=O)OC)C(c4ccccc4)N23)CC1. The van der Waals surface area contributed by atoms with Gasteiger partial charge < -0.3 is 19.3 Å². The number of carbonyl (C=O) groups is 2. The molecule has 8 nitrogen and oxygen atoms in total. The Bertz CT molecular complexity index is 983. The van der Waals surface area contributed by atoms with Crippen molar-refractivity contribution in [2.45, 2.75) is 19.4 Å². The van der Waals surface area contributed by atoms with Gasteiger partial charge in [-0.1, -0.05) is 42.1 Å². The van der Waals surface area contributed by atoms with Gasteiger partial charge in [0.05, 0.1) is 37.4 Å². The molecule has 0 spiro atoms. The van der Waals surface area contributed by atoms with Gasteiger partial charge in [-0.3, -0.25) is 9.69 Å². The van der Waals surface area contributed by atoms with E-state index in [0.717, 1.165) is 36.1 Å². The van der Waals surface area contributed by atoms with E-state index in [-0.39, 0.29) is 18.4 Å². The quantitative estimate of drug-likeness (QED) is 0.567. The maximum Gasteiger partial charge on any atom is 0.338 e. The van der Waals surface area contributed by atoms with Crippen LogP contribution < -0.4 is 0 Å². The predicted octanol–water partition coefficient (Wildman–Crippen LogP) is 2.62. The number of hydrogen-bond acceptors (Lipinski definition) is 8. The molecule has 0 aromatic heterocycles. The van der Waals surface area contributed by atoms with Crippen molar-refractivity contribution in [2.75, 3.05) is 53.6 Å². The second-order valence-corrected chi connectivity index (χ2v) is 9.02. The summed E-state index contributed by atoms with van der Waals surface area (Å²) in [5, 5.41) is 2.76. The molecule has 3 aliphatic heterocycles. The Labute approximate surface area is 198 Å². The molecular weight excluding hydrogens is 440 g/mol. The fourth-order valence-electron chi connectivity index (χ4n) is 4.40. The first-order valence-corrected chi connectivity index (χ1v) is 12.0. The lowest BCUT2D eigenvalue weighted by Gasteiger charge is -2.37. The van der Waals surface area contributed by atoms with Crippen LogP contribution in [0.4, 0.5) is 0 Å². The molecule has 3 heterocycles. The van der Waals surface area contributed by atoms with E-state index in [2.05, 4.69) is 9.89 Å². The zero-order valence-electron chi connectivity index (χ0n) is 19.3. The molecule has 1 atom stereocenters. The van der Waals surface area contributed by atoms with Gasteiger partial charge in [0, 0.05) is 45.5 Å². The first kappa shape index (κ1) is 23.5. The van der Waals surface area contributed by atoms with Crippen molar-refractivity contribution in [3.05, 3.63) is 58.3 Å². The average molecular weight is 471 g/mol. The summed E-state index contributed by atoms with van der Waals surface area (Å²) in [6.45, 7) is 6.52. The summed E-state index contributed by atoms with van der Waals surface area (Å²) in [5.74, 6) is -0.314. The van der Waals surface area contributed by atoms with E-state index >= 15 is 0 Å². The molecule has 0 bridgehead atoms. The van der Waals surface area contributed by atoms with Gasteiger partial charge in [0.2, 0.25) is 5.91 Å². The molecule has 4 rings (SSSR count). The van der Waals surface area contributed by atoms with Crippen LogP contribution in [0.2, 0.25) is 0 Å². The summed E-state index contributed by atoms with van der Waals surface area (Å²) in [7, 11) is 3.09. The second-order valence-electron chi connectivity index (χ2n) is 8.19. The van der Waals surface area contributed by atoms with Crippen LogP contribution in [0.5, 0.6) is 0 Å². The van der Waals surface area contributed by atoms with Crippen LogP contribution in [-0.4, -0.2) is 85.3 Å². The van der Waals surface area contributed by atoms with Gasteiger partial charge in [-0.25, -0.2) is 9.79 Å². The van der Waals surface area contributed by atoms with E-state index in [9.17, 15) is 9.59 Å². The van der Waals surface area contributed by atoms with E-state index in [1.807, 2.05) is 52.5 Å². The zero-order valence-corrected chi connectivity index (χ0v) is 20.1. The summed E-state index contributed by atoms with van der Waals surface area (Å²) < 4.78 is 10.3. The Balaban J connectivity index is 1.53. The molecule has 0 saturated carbocycles. The lowest BCUT2D eigenvalue weighted by Crippen LogP contribution is -2.49. The van der Waals surface area contributed by atoms with Crippen LogP contribution in [0.15, 0.2) is 57.7 Å². The van der Waals surface area contributed by atoms with Gasteiger partial charge in [-0.2, -0.15) is 0 Å². The lowest BCUT2D eigenvalue weighted by molar-refractivity contribution is -0.136. The van der Waals surface area contributed by atoms with Crippen molar-refractivity contribution in [3.63, 3.8) is 0 Å². The number of nitrogens with zero attached hydrogens (tertiary/aromatic N) is 4. The molecule has 0 N–H and O–H groups in total. The number of amidine groups is 1. The van der Waals surface area contributed by atoms with Crippen molar-refractivity contribution in [1.82, 2.24) is 14.7 Å². The molecule has 0 radical (unpaired) electrons. The molecular formula is C24H30N4O4S. The summed E-state index contributed by atoms with van der Waals surface area (Å²) >= 11 is 1.49. The number of fused-ring (bicyclic) bond motifs is 1. The van der Waals surface area contributed by atoms with Crippen LogP contribution in [0.1, 0.15) is 24.9 Å². The smallest absolute Gasteiger partial charge is 0.338 e. The Hall–Kier alpha value is -2.62. The number of hydrogen-bond donors (Lipinski definition) is 0. The number of piperazine rings is 1. The maximum atomic E-state index is 13.2. The molecule has 1 saturated heterocycles. The van der Waals surface area contributed by atoms with Gasteiger partial charge in [0.25, 0.3) is 0 Å². The highest BCUT2D eigenvalue weighted by Crippen LogP contribution is 2.44. The molecule has 0 aliphatic carbocycles. The topological polar surface area (TPSA) is 74.7 Å². The number of aliphatic imine (C=N–C) groups is 1. The number of methoxy groups -OCH3 is 2. The number of amides is 1. The Kier molecular flexibility index (Phi) is 7.52. The first-order chi connectivity index (χ1) is 16.0. The summed E-state index contributed by atoms with van der Waals surface area (Å²) in [6, 6.07) is 9.45. The zero-order chi connectivity index (χ0) is 23.4. The Morgan fingerprint density at radius 1 is 1.12 bits per heavy atom. The highest BCUT2D eigenvalue weighted by atomic mass is 32.2. The van der Waals surface area contributed by atoms with Crippen molar-refractivity contribution in [1.29, 1.82) is 0 Å². The van der Waals surface area contributed by atoms with E-state index < -0.39 is 5.97 Å². The molecule has 3 aliphatic rings. The number of esters is 1. The van der Waals surface area contributed by atoms with Crippen LogP contribution in [0.25, 0.3) is 0 Å². The minimum Gasteiger partial charge on any atom is -0.466 e. The van der Waals surface area contributed by atoms with E-state index in [1.165, 1.54) is 18.9 Å². The van der Waals surface area contributed by atoms with Gasteiger partial charge in [-0.05, 0) is 17.9 Å². The number of allylic oxidation sites excluding steroid dienone is 1. The van der Waals surface area contributed by atoms with E-state index in [1.54, 1.807) is 7.11 Å². The third-order valence-electron chi connectivity index (χ3n) is 6.19. The first-order valence-electron chi connectivity index (χ1n) is 11.1. The standard InChI is InChI=1S/C24H30N4O4S/c1-17-21(23(30)32-3)22(18-7-5-4-6-8-18)28-19(16-33-24(28)25-17)15-20(29)27-11-9-26(10-12-27)13-14-31-2/h4-8,16,22H,9-15H2,1-3H3. The normalized spacial score (nSPS) is 21.0. The Morgan fingerprint density at radius 3 is 2.52 bits per heavy atom.